The number of alkyl carbamates (subject to hydrolysis) is 1. The third kappa shape index (κ3) is 4.35. The molecule has 7 heteroatoms. The number of rotatable bonds is 5. The summed E-state index contributed by atoms with van der Waals surface area (Å²) in [5.41, 5.74) is 6.03. The molecule has 3 N–H and O–H groups in total. The largest absolute Gasteiger partial charge is 0.453 e. The minimum Gasteiger partial charge on any atom is -0.453 e. The van der Waals surface area contributed by atoms with Gasteiger partial charge < -0.3 is 20.7 Å². The van der Waals surface area contributed by atoms with Gasteiger partial charge in [0.05, 0.1) is 13.2 Å². The minimum absolute atomic E-state index is 0.0486. The first-order chi connectivity index (χ1) is 10.3. The highest BCUT2D eigenvalue weighted by molar-refractivity contribution is 5.93. The molecule has 0 unspecified atom stereocenters. The summed E-state index contributed by atoms with van der Waals surface area (Å²) in [6.07, 6.45) is 0.190. The Morgan fingerprint density at radius 3 is 2.59 bits per heavy atom. The Kier molecular flexibility index (Phi) is 6.64. The average molecular weight is 312 g/mol. The topological polar surface area (TPSA) is 97.0 Å². The van der Waals surface area contributed by atoms with Gasteiger partial charge in [0, 0.05) is 13.1 Å². The van der Waals surface area contributed by atoms with Crippen LogP contribution >= 0.6 is 0 Å². The average Bonchev–Trinajstić information content (AvgIpc) is 2.85. The molecule has 126 valence electrons. The van der Waals surface area contributed by atoms with Gasteiger partial charge in [0.1, 0.15) is 11.9 Å². The summed E-state index contributed by atoms with van der Waals surface area (Å²) in [7, 11) is 1.28. The van der Waals surface area contributed by atoms with Crippen molar-refractivity contribution in [1.82, 2.24) is 10.2 Å². The second-order valence-electron chi connectivity index (χ2n) is 6.10. The van der Waals surface area contributed by atoms with Crippen LogP contribution in [0.1, 0.15) is 34.1 Å². The predicted octanol–water partition coefficient (Wildman–Crippen LogP) is 0.981. The van der Waals surface area contributed by atoms with E-state index in [0.29, 0.717) is 24.8 Å². The van der Waals surface area contributed by atoms with E-state index in [1.807, 2.05) is 20.8 Å². The fourth-order valence-electron chi connectivity index (χ4n) is 2.74. The first kappa shape index (κ1) is 18.3. The Balaban J connectivity index is 2.95. The molecule has 0 radical (unpaired) electrons. The lowest BCUT2D eigenvalue weighted by molar-refractivity contribution is -0.134. The van der Waals surface area contributed by atoms with Crippen molar-refractivity contribution in [3.63, 3.8) is 0 Å². The van der Waals surface area contributed by atoms with Gasteiger partial charge in [-0.15, -0.1) is 0 Å². The van der Waals surface area contributed by atoms with E-state index in [1.165, 1.54) is 7.11 Å². The summed E-state index contributed by atoms with van der Waals surface area (Å²) in [4.78, 5) is 30.3. The van der Waals surface area contributed by atoms with Crippen LogP contribution in [0.3, 0.4) is 0 Å². The van der Waals surface area contributed by atoms with E-state index >= 15 is 0 Å². The van der Waals surface area contributed by atoms with Crippen molar-refractivity contribution < 1.29 is 14.3 Å². The number of hydrogen-bond donors (Lipinski definition) is 2. The molecule has 0 spiro atoms. The zero-order chi connectivity index (χ0) is 16.9. The van der Waals surface area contributed by atoms with Gasteiger partial charge in [0.25, 0.3) is 0 Å². The van der Waals surface area contributed by atoms with Gasteiger partial charge in [-0.2, -0.15) is 0 Å². The first-order valence-electron chi connectivity index (χ1n) is 7.76. The number of amides is 2. The van der Waals surface area contributed by atoms with Crippen molar-refractivity contribution in [3.8, 4) is 0 Å². The van der Waals surface area contributed by atoms with Gasteiger partial charge in [-0.1, -0.05) is 20.8 Å². The van der Waals surface area contributed by atoms with E-state index in [2.05, 4.69) is 22.0 Å². The number of ether oxygens (including phenoxy) is 1. The maximum absolute atomic E-state index is 12.8. The van der Waals surface area contributed by atoms with Crippen molar-refractivity contribution >= 4 is 17.8 Å². The van der Waals surface area contributed by atoms with E-state index < -0.39 is 12.1 Å². The molecule has 0 saturated carbocycles. The van der Waals surface area contributed by atoms with Gasteiger partial charge in [-0.25, -0.2) is 4.79 Å². The fraction of sp³-hybridized carbons (Fsp3) is 0.800. The van der Waals surface area contributed by atoms with Crippen LogP contribution in [0.5, 0.6) is 0 Å². The normalized spacial score (nSPS) is 23.5. The summed E-state index contributed by atoms with van der Waals surface area (Å²) in [6.45, 7) is 8.97. The minimum atomic E-state index is -0.630. The Morgan fingerprint density at radius 1 is 1.45 bits per heavy atom. The zero-order valence-corrected chi connectivity index (χ0v) is 14.1. The molecule has 0 aromatic heterocycles. The third-order valence-corrected chi connectivity index (χ3v) is 3.87. The molecule has 1 saturated heterocycles. The Morgan fingerprint density at radius 2 is 2.09 bits per heavy atom. The molecule has 0 aromatic carbocycles. The quantitative estimate of drug-likeness (QED) is 0.584. The number of likely N-dealkylation sites (tertiary alicyclic amines) is 1. The summed E-state index contributed by atoms with van der Waals surface area (Å²) in [6, 6.07) is -0.821. The van der Waals surface area contributed by atoms with E-state index in [-0.39, 0.29) is 17.9 Å². The third-order valence-electron chi connectivity index (χ3n) is 3.87. The number of carbonyl (C=O) groups is 2. The summed E-state index contributed by atoms with van der Waals surface area (Å²) < 4.78 is 4.61. The van der Waals surface area contributed by atoms with Crippen LogP contribution in [-0.4, -0.2) is 55.0 Å². The molecule has 3 atom stereocenters. The van der Waals surface area contributed by atoms with E-state index in [9.17, 15) is 9.59 Å². The van der Waals surface area contributed by atoms with Crippen molar-refractivity contribution in [2.75, 3.05) is 20.2 Å². The molecule has 0 aliphatic carbocycles. The number of carbonyl (C=O) groups excluding carboxylic acids is 2. The summed E-state index contributed by atoms with van der Waals surface area (Å²) >= 11 is 0. The molecular weight excluding hydrogens is 284 g/mol. The molecule has 1 rings (SSSR count). The van der Waals surface area contributed by atoms with Crippen molar-refractivity contribution in [2.45, 2.75) is 46.2 Å². The Hall–Kier alpha value is -1.79. The monoisotopic (exact) mass is 312 g/mol. The number of nitrogens with zero attached hydrogens (tertiary/aromatic N) is 2. The molecule has 7 nitrogen and oxygen atoms in total. The van der Waals surface area contributed by atoms with Crippen LogP contribution in [0.25, 0.3) is 0 Å². The highest BCUT2D eigenvalue weighted by atomic mass is 16.5. The van der Waals surface area contributed by atoms with Crippen LogP contribution in [-0.2, 0) is 9.53 Å². The fourth-order valence-corrected chi connectivity index (χ4v) is 2.74. The number of methoxy groups -OCH3 is 1. The van der Waals surface area contributed by atoms with Crippen LogP contribution in [0.4, 0.5) is 4.79 Å². The van der Waals surface area contributed by atoms with Crippen molar-refractivity contribution in [2.24, 2.45) is 22.6 Å². The van der Waals surface area contributed by atoms with Gasteiger partial charge >= 0.3 is 6.09 Å². The first-order valence-corrected chi connectivity index (χ1v) is 7.76. The van der Waals surface area contributed by atoms with Crippen LogP contribution < -0.4 is 11.1 Å². The molecule has 0 aromatic rings. The van der Waals surface area contributed by atoms with E-state index in [1.54, 1.807) is 4.90 Å². The van der Waals surface area contributed by atoms with Gasteiger partial charge in [0.15, 0.2) is 0 Å². The van der Waals surface area contributed by atoms with Crippen LogP contribution in [0, 0.1) is 11.8 Å². The lowest BCUT2D eigenvalue weighted by Crippen LogP contribution is -2.54. The van der Waals surface area contributed by atoms with Crippen LogP contribution in [0.15, 0.2) is 4.99 Å². The molecule has 0 bridgehead atoms. The van der Waals surface area contributed by atoms with E-state index in [4.69, 9.17) is 5.73 Å². The Bertz CT molecular complexity index is 437. The maximum Gasteiger partial charge on any atom is 0.407 e. The van der Waals surface area contributed by atoms with Gasteiger partial charge in [-0.3, -0.25) is 9.79 Å². The number of hydrogen-bond acceptors (Lipinski definition) is 4. The van der Waals surface area contributed by atoms with Crippen molar-refractivity contribution in [3.05, 3.63) is 0 Å². The molecule has 1 fully saturated rings. The maximum atomic E-state index is 12.8. The predicted molar refractivity (Wildman–Crippen MR) is 85.6 cm³/mol. The van der Waals surface area contributed by atoms with Crippen LogP contribution in [0.2, 0.25) is 0 Å². The SMILES string of the molecule is CCN=C(N)[C@@H]1C[C@H](C)CN1C(=O)[C@@H](NC(=O)OC)C(C)C. The lowest BCUT2D eigenvalue weighted by Gasteiger charge is -2.30. The number of aliphatic imine (C=N–C) groups is 1. The molecule has 2 amide bonds. The smallest absolute Gasteiger partial charge is 0.407 e. The Labute approximate surface area is 132 Å². The second-order valence-corrected chi connectivity index (χ2v) is 6.10. The van der Waals surface area contributed by atoms with Gasteiger partial charge in [0.2, 0.25) is 5.91 Å². The lowest BCUT2D eigenvalue weighted by atomic mass is 10.0. The van der Waals surface area contributed by atoms with Gasteiger partial charge in [-0.05, 0) is 25.2 Å². The summed E-state index contributed by atoms with van der Waals surface area (Å²) in [5, 5.41) is 2.62. The molecular formula is C15H28N4O3. The number of nitrogens with two attached hydrogens (primary N) is 1. The number of nitrogens with one attached hydrogen (secondary N) is 1. The second kappa shape index (κ2) is 8.00. The van der Waals surface area contributed by atoms with E-state index in [0.717, 1.165) is 6.42 Å². The number of amidine groups is 1. The molecule has 22 heavy (non-hydrogen) atoms. The highest BCUT2D eigenvalue weighted by Crippen LogP contribution is 2.25. The molecule has 1 aliphatic heterocycles. The summed E-state index contributed by atoms with van der Waals surface area (Å²) in [5.74, 6) is 0.655. The molecule has 1 heterocycles. The highest BCUT2D eigenvalue weighted by Gasteiger charge is 2.39. The van der Waals surface area contributed by atoms with Crippen molar-refractivity contribution in [1.29, 1.82) is 0 Å². The zero-order valence-electron chi connectivity index (χ0n) is 14.1. The molecule has 1 aliphatic rings. The standard InChI is InChI=1S/C15H28N4O3/c1-6-17-13(16)11-7-10(4)8-19(11)14(20)12(9(2)3)18-15(21)22-5/h9-12H,6-8H2,1-5H3,(H2,16,17)(H,18,21)/t10-,11-,12-/m0/s1.